The van der Waals surface area contributed by atoms with Gasteiger partial charge >= 0.3 is 0 Å². The van der Waals surface area contributed by atoms with Crippen molar-refractivity contribution >= 4 is 11.6 Å². The largest absolute Gasteiger partial charge is 0.475 e. The summed E-state index contributed by atoms with van der Waals surface area (Å²) in [6.45, 7) is 8.47. The zero-order chi connectivity index (χ0) is 24.6. The van der Waals surface area contributed by atoms with E-state index in [9.17, 15) is 18.0 Å². The second-order valence-corrected chi connectivity index (χ2v) is 7.69. The maximum Gasteiger partial charge on any atom is 0.272 e. The van der Waals surface area contributed by atoms with Crippen molar-refractivity contribution in [3.63, 3.8) is 0 Å². The molecule has 0 aliphatic rings. The predicted molar refractivity (Wildman–Crippen MR) is 124 cm³/mol. The van der Waals surface area contributed by atoms with Crippen LogP contribution >= 0.6 is 0 Å². The fourth-order valence-corrected chi connectivity index (χ4v) is 3.24. The van der Waals surface area contributed by atoms with Crippen LogP contribution in [0.4, 0.5) is 13.2 Å². The highest BCUT2D eigenvalue weighted by Gasteiger charge is 2.26. The molecule has 2 rings (SSSR count). The molecule has 1 heterocycles. The van der Waals surface area contributed by atoms with Crippen LogP contribution in [0.1, 0.15) is 62.5 Å². The Hall–Kier alpha value is -3.16. The predicted octanol–water partition coefficient (Wildman–Crippen LogP) is 5.99. The molecule has 1 aromatic heterocycles. The number of likely N-dealkylation sites (N-methyl/N-ethyl adjacent to an activating group) is 1. The van der Waals surface area contributed by atoms with Gasteiger partial charge in [-0.2, -0.15) is 0 Å². The third-order valence-corrected chi connectivity index (χ3v) is 5.06. The first kappa shape index (κ1) is 26.1. The quantitative estimate of drug-likeness (QED) is 0.408. The van der Waals surface area contributed by atoms with Gasteiger partial charge in [-0.25, -0.2) is 18.2 Å². The van der Waals surface area contributed by atoms with E-state index in [-0.39, 0.29) is 41.1 Å². The fraction of sp³-hybridized carbons (Fsp3) is 0.400. The minimum Gasteiger partial charge on any atom is -0.475 e. The van der Waals surface area contributed by atoms with Crippen LogP contribution in [0.5, 0.6) is 5.88 Å². The van der Waals surface area contributed by atoms with Gasteiger partial charge in [-0.15, -0.1) is 0 Å². The molecule has 0 aliphatic carbocycles. The third kappa shape index (κ3) is 6.91. The molecule has 0 unspecified atom stereocenters. The lowest BCUT2D eigenvalue weighted by Gasteiger charge is -2.28. The first-order chi connectivity index (χ1) is 15.6. The number of nitrogens with zero attached hydrogens (tertiary/aromatic N) is 3. The van der Waals surface area contributed by atoms with Crippen LogP contribution in [0, 0.1) is 5.82 Å². The molecule has 178 valence electrons. The van der Waals surface area contributed by atoms with Crippen LogP contribution in [0.25, 0.3) is 0 Å². The van der Waals surface area contributed by atoms with E-state index in [1.165, 1.54) is 24.3 Å². The zero-order valence-corrected chi connectivity index (χ0v) is 19.6. The summed E-state index contributed by atoms with van der Waals surface area (Å²) in [5.74, 6) is -3.69. The van der Waals surface area contributed by atoms with Gasteiger partial charge in [0, 0.05) is 48.8 Å². The van der Waals surface area contributed by atoms with Gasteiger partial charge in [0.15, 0.2) is 0 Å². The van der Waals surface area contributed by atoms with Crippen LogP contribution in [-0.4, -0.2) is 40.7 Å². The smallest absolute Gasteiger partial charge is 0.272 e. The SMILES string of the molecule is CC/C=C\N=C(C)c1c(F)cccc1C(=O)N(CC)[C@@H](C)COc1ccc(C(C)(F)F)cn1. The number of pyridine rings is 1. The number of hydrogen-bond donors (Lipinski definition) is 0. The van der Waals surface area contributed by atoms with Crippen molar-refractivity contribution in [1.82, 2.24) is 9.88 Å². The highest BCUT2D eigenvalue weighted by atomic mass is 19.3. The Labute approximate surface area is 193 Å². The number of rotatable bonds is 10. The van der Waals surface area contributed by atoms with Crippen LogP contribution < -0.4 is 4.74 Å². The molecule has 0 aliphatic heterocycles. The summed E-state index contributed by atoms with van der Waals surface area (Å²) in [6, 6.07) is 6.60. The second kappa shape index (κ2) is 11.6. The Morgan fingerprint density at radius 3 is 2.58 bits per heavy atom. The summed E-state index contributed by atoms with van der Waals surface area (Å²) in [5.41, 5.74) is 0.561. The Kier molecular flexibility index (Phi) is 9.20. The van der Waals surface area contributed by atoms with Gasteiger partial charge < -0.3 is 9.64 Å². The van der Waals surface area contributed by atoms with Crippen molar-refractivity contribution in [3.8, 4) is 5.88 Å². The number of aromatic nitrogens is 1. The molecule has 33 heavy (non-hydrogen) atoms. The summed E-state index contributed by atoms with van der Waals surface area (Å²) < 4.78 is 47.0. The van der Waals surface area contributed by atoms with Gasteiger partial charge in [0.05, 0.1) is 11.6 Å². The molecule has 0 saturated carbocycles. The van der Waals surface area contributed by atoms with Crippen molar-refractivity contribution in [3.05, 3.63) is 71.3 Å². The molecule has 8 heteroatoms. The first-order valence-corrected chi connectivity index (χ1v) is 10.9. The molecule has 0 fully saturated rings. The van der Waals surface area contributed by atoms with Crippen molar-refractivity contribution in [1.29, 1.82) is 0 Å². The Balaban J connectivity index is 2.20. The Morgan fingerprint density at radius 2 is 2.00 bits per heavy atom. The molecule has 1 atom stereocenters. The van der Waals surface area contributed by atoms with Crippen molar-refractivity contribution < 1.29 is 22.7 Å². The lowest BCUT2D eigenvalue weighted by molar-refractivity contribution is 0.0169. The molecule has 0 saturated heterocycles. The average Bonchev–Trinajstić information content (AvgIpc) is 2.77. The lowest BCUT2D eigenvalue weighted by atomic mass is 10.0. The van der Waals surface area contributed by atoms with Gasteiger partial charge in [0.2, 0.25) is 5.88 Å². The van der Waals surface area contributed by atoms with E-state index < -0.39 is 11.7 Å². The van der Waals surface area contributed by atoms with E-state index in [0.29, 0.717) is 12.3 Å². The molecule has 0 N–H and O–H groups in total. The number of aliphatic imine (C=N–C) groups is 1. The maximum absolute atomic E-state index is 14.7. The average molecular weight is 462 g/mol. The molecule has 2 aromatic rings. The Morgan fingerprint density at radius 1 is 1.27 bits per heavy atom. The number of carbonyl (C=O) groups is 1. The number of benzene rings is 1. The van der Waals surface area contributed by atoms with Gasteiger partial charge in [0.25, 0.3) is 11.8 Å². The summed E-state index contributed by atoms with van der Waals surface area (Å²) in [6.07, 6.45) is 5.29. The minimum absolute atomic E-state index is 0.0887. The highest BCUT2D eigenvalue weighted by Crippen LogP contribution is 2.27. The summed E-state index contributed by atoms with van der Waals surface area (Å²) in [4.78, 5) is 23.1. The van der Waals surface area contributed by atoms with E-state index in [1.54, 1.807) is 31.0 Å². The molecular weight excluding hydrogens is 431 g/mol. The van der Waals surface area contributed by atoms with E-state index in [2.05, 4.69) is 9.98 Å². The van der Waals surface area contributed by atoms with Crippen molar-refractivity contribution in [2.75, 3.05) is 13.2 Å². The van der Waals surface area contributed by atoms with E-state index in [4.69, 9.17) is 4.74 Å². The van der Waals surface area contributed by atoms with Crippen LogP contribution in [0.2, 0.25) is 0 Å². The number of amides is 1. The maximum atomic E-state index is 14.7. The van der Waals surface area contributed by atoms with E-state index >= 15 is 0 Å². The fourth-order valence-electron chi connectivity index (χ4n) is 3.24. The van der Waals surface area contributed by atoms with Gasteiger partial charge in [-0.05, 0) is 45.4 Å². The molecule has 5 nitrogen and oxygen atoms in total. The minimum atomic E-state index is -2.99. The zero-order valence-electron chi connectivity index (χ0n) is 19.6. The topological polar surface area (TPSA) is 54.8 Å². The summed E-state index contributed by atoms with van der Waals surface area (Å²) in [7, 11) is 0. The third-order valence-electron chi connectivity index (χ3n) is 5.06. The normalized spacial score (nSPS) is 13.3. The number of hydrogen-bond acceptors (Lipinski definition) is 4. The van der Waals surface area contributed by atoms with Gasteiger partial charge in [-0.1, -0.05) is 19.1 Å². The lowest BCUT2D eigenvalue weighted by Crippen LogP contribution is -2.42. The van der Waals surface area contributed by atoms with E-state index in [1.807, 2.05) is 19.9 Å². The molecular formula is C25H30F3N3O2. The number of alkyl halides is 2. The number of allylic oxidation sites excluding steroid dienone is 1. The first-order valence-electron chi connectivity index (χ1n) is 10.9. The number of carbonyl (C=O) groups excluding carboxylic acids is 1. The standard InChI is InChI=1S/C25H30F3N3O2/c1-6-8-14-29-18(4)23-20(10-9-11-21(23)26)24(32)31(7-2)17(3)16-33-22-13-12-19(15-30-22)25(5,27)28/h8-15,17H,6-7,16H2,1-5H3/b14-8-,29-18?/t17-/m0/s1. The van der Waals surface area contributed by atoms with Gasteiger partial charge in [0.1, 0.15) is 12.4 Å². The summed E-state index contributed by atoms with van der Waals surface area (Å²) >= 11 is 0. The molecule has 0 radical (unpaired) electrons. The molecule has 0 bridgehead atoms. The van der Waals surface area contributed by atoms with Crippen LogP contribution in [0.3, 0.4) is 0 Å². The monoisotopic (exact) mass is 461 g/mol. The Bertz CT molecular complexity index is 999. The number of halogens is 3. The van der Waals surface area contributed by atoms with E-state index in [0.717, 1.165) is 19.5 Å². The molecule has 0 spiro atoms. The van der Waals surface area contributed by atoms with Crippen LogP contribution in [-0.2, 0) is 5.92 Å². The van der Waals surface area contributed by atoms with Crippen LogP contribution in [0.15, 0.2) is 53.8 Å². The second-order valence-electron chi connectivity index (χ2n) is 7.69. The van der Waals surface area contributed by atoms with Crippen molar-refractivity contribution in [2.24, 2.45) is 4.99 Å². The molecule has 1 amide bonds. The number of ether oxygens (including phenoxy) is 1. The van der Waals surface area contributed by atoms with Crippen molar-refractivity contribution in [2.45, 2.75) is 53.0 Å². The van der Waals surface area contributed by atoms with Gasteiger partial charge in [-0.3, -0.25) is 9.79 Å². The molecule has 1 aromatic carbocycles. The highest BCUT2D eigenvalue weighted by molar-refractivity contribution is 6.09. The summed E-state index contributed by atoms with van der Waals surface area (Å²) in [5, 5.41) is 0.